The lowest BCUT2D eigenvalue weighted by atomic mass is 10.1. The summed E-state index contributed by atoms with van der Waals surface area (Å²) in [6.45, 7) is 2.52. The molecule has 3 aromatic carbocycles. The quantitative estimate of drug-likeness (QED) is 0.235. The fraction of sp³-hybridized carbons (Fsp3) is 0.125. The number of imidazole rings is 1. The summed E-state index contributed by atoms with van der Waals surface area (Å²) < 4.78 is 2.12. The molecule has 7 heteroatoms. The zero-order valence-corrected chi connectivity index (χ0v) is 18.5. The molecule has 0 fully saturated rings. The standard InChI is InChI=1S/C24H21ClN4OS/c1-17(19-7-3-2-4-8-19)27-28-23(30)16-31-24-26-21-9-5-6-10-22(21)29(24)15-18-11-13-20(25)14-12-18/h2-14H,15-16H2,1H3,(H,28,30)/b27-17-. The number of hydrogen-bond donors (Lipinski definition) is 1. The van der Waals surface area contributed by atoms with Crippen molar-refractivity contribution in [1.29, 1.82) is 0 Å². The Morgan fingerprint density at radius 2 is 1.74 bits per heavy atom. The number of carbonyl (C=O) groups excluding carboxylic acids is 1. The molecule has 1 aromatic heterocycles. The Morgan fingerprint density at radius 1 is 1.03 bits per heavy atom. The van der Waals surface area contributed by atoms with Gasteiger partial charge in [-0.1, -0.05) is 78.0 Å². The molecule has 0 unspecified atom stereocenters. The zero-order chi connectivity index (χ0) is 21.6. The number of nitrogens with one attached hydrogen (secondary N) is 1. The third kappa shape index (κ3) is 5.34. The van der Waals surface area contributed by atoms with Crippen molar-refractivity contribution in [1.82, 2.24) is 15.0 Å². The molecule has 0 aliphatic carbocycles. The minimum atomic E-state index is -0.176. The lowest BCUT2D eigenvalue weighted by Gasteiger charge is -2.09. The first-order valence-corrected chi connectivity index (χ1v) is 11.2. The molecular formula is C24H21ClN4OS. The van der Waals surface area contributed by atoms with Crippen molar-refractivity contribution in [3.05, 3.63) is 95.0 Å². The van der Waals surface area contributed by atoms with Gasteiger partial charge in [0.1, 0.15) is 0 Å². The summed E-state index contributed by atoms with van der Waals surface area (Å²) in [5.74, 6) is 0.0422. The van der Waals surface area contributed by atoms with Crippen molar-refractivity contribution in [2.45, 2.75) is 18.6 Å². The average molecular weight is 449 g/mol. The van der Waals surface area contributed by atoms with Crippen LogP contribution < -0.4 is 5.43 Å². The number of aromatic nitrogens is 2. The molecule has 4 aromatic rings. The summed E-state index contributed by atoms with van der Waals surface area (Å²) in [4.78, 5) is 17.1. The van der Waals surface area contributed by atoms with E-state index in [-0.39, 0.29) is 11.7 Å². The number of rotatable bonds is 7. The molecule has 5 nitrogen and oxygen atoms in total. The van der Waals surface area contributed by atoms with Crippen LogP contribution in [0.5, 0.6) is 0 Å². The van der Waals surface area contributed by atoms with Crippen LogP contribution in [0.4, 0.5) is 0 Å². The molecule has 31 heavy (non-hydrogen) atoms. The summed E-state index contributed by atoms with van der Waals surface area (Å²) in [7, 11) is 0. The maximum atomic E-state index is 12.4. The van der Waals surface area contributed by atoms with Gasteiger partial charge in [-0.2, -0.15) is 5.10 Å². The van der Waals surface area contributed by atoms with Crippen LogP contribution in [0.2, 0.25) is 5.02 Å². The van der Waals surface area contributed by atoms with E-state index in [1.54, 1.807) is 0 Å². The average Bonchev–Trinajstić information content (AvgIpc) is 3.15. The van der Waals surface area contributed by atoms with Gasteiger partial charge >= 0.3 is 0 Å². The molecular weight excluding hydrogens is 428 g/mol. The second-order valence-electron chi connectivity index (χ2n) is 6.98. The van der Waals surface area contributed by atoms with Gasteiger partial charge < -0.3 is 4.57 Å². The number of fused-ring (bicyclic) bond motifs is 1. The summed E-state index contributed by atoms with van der Waals surface area (Å²) in [5.41, 5.74) is 7.41. The van der Waals surface area contributed by atoms with Gasteiger partial charge in [0.2, 0.25) is 0 Å². The first kappa shape index (κ1) is 21.2. The van der Waals surface area contributed by atoms with Gasteiger partial charge in [-0.3, -0.25) is 4.79 Å². The Labute approximate surface area is 190 Å². The normalized spacial score (nSPS) is 11.6. The predicted molar refractivity (Wildman–Crippen MR) is 128 cm³/mol. The Kier molecular flexibility index (Phi) is 6.70. The summed E-state index contributed by atoms with van der Waals surface area (Å²) in [5, 5.41) is 5.70. The first-order valence-electron chi connectivity index (χ1n) is 9.81. The fourth-order valence-electron chi connectivity index (χ4n) is 3.14. The molecule has 0 radical (unpaired) electrons. The van der Waals surface area contributed by atoms with Crippen LogP contribution >= 0.6 is 23.4 Å². The minimum absolute atomic E-state index is 0.176. The number of thioether (sulfide) groups is 1. The maximum absolute atomic E-state index is 12.4. The van der Waals surface area contributed by atoms with Gasteiger partial charge in [-0.25, -0.2) is 10.4 Å². The second kappa shape index (κ2) is 9.81. The molecule has 0 spiro atoms. The summed E-state index contributed by atoms with van der Waals surface area (Å²) >= 11 is 7.41. The predicted octanol–water partition coefficient (Wildman–Crippen LogP) is 5.37. The number of para-hydroxylation sites is 2. The lowest BCUT2D eigenvalue weighted by Crippen LogP contribution is -2.21. The molecule has 4 rings (SSSR count). The third-order valence-corrected chi connectivity index (χ3v) is 5.97. The van der Waals surface area contributed by atoms with Gasteiger partial charge in [0, 0.05) is 5.02 Å². The van der Waals surface area contributed by atoms with Crippen LogP contribution in [0.25, 0.3) is 11.0 Å². The van der Waals surface area contributed by atoms with Crippen LogP contribution in [0.3, 0.4) is 0 Å². The smallest absolute Gasteiger partial charge is 0.250 e. The lowest BCUT2D eigenvalue weighted by molar-refractivity contribution is -0.118. The van der Waals surface area contributed by atoms with E-state index in [0.29, 0.717) is 11.6 Å². The van der Waals surface area contributed by atoms with Crippen molar-refractivity contribution >= 4 is 46.0 Å². The number of nitrogens with zero attached hydrogens (tertiary/aromatic N) is 3. The zero-order valence-electron chi connectivity index (χ0n) is 17.0. The van der Waals surface area contributed by atoms with E-state index in [9.17, 15) is 4.79 Å². The van der Waals surface area contributed by atoms with Gasteiger partial charge in [0.25, 0.3) is 5.91 Å². The Hall–Kier alpha value is -3.09. The highest BCUT2D eigenvalue weighted by molar-refractivity contribution is 7.99. The number of halogens is 1. The van der Waals surface area contributed by atoms with Gasteiger partial charge in [-0.15, -0.1) is 0 Å². The molecule has 0 atom stereocenters. The SMILES string of the molecule is C/C(=N/NC(=O)CSc1nc2ccccc2n1Cc1ccc(Cl)cc1)c1ccccc1. The molecule has 0 saturated carbocycles. The monoisotopic (exact) mass is 448 g/mol. The molecule has 1 heterocycles. The number of amides is 1. The molecule has 0 bridgehead atoms. The topological polar surface area (TPSA) is 59.3 Å². The van der Waals surface area contributed by atoms with Crippen molar-refractivity contribution < 1.29 is 4.79 Å². The van der Waals surface area contributed by atoms with Crippen LogP contribution in [0.1, 0.15) is 18.1 Å². The Morgan fingerprint density at radius 3 is 2.52 bits per heavy atom. The van der Waals surface area contributed by atoms with Gasteiger partial charge in [-0.05, 0) is 42.3 Å². The van der Waals surface area contributed by atoms with Crippen molar-refractivity contribution in [3.63, 3.8) is 0 Å². The van der Waals surface area contributed by atoms with E-state index in [4.69, 9.17) is 16.6 Å². The van der Waals surface area contributed by atoms with E-state index in [1.807, 2.05) is 85.8 Å². The minimum Gasteiger partial charge on any atom is -0.314 e. The second-order valence-corrected chi connectivity index (χ2v) is 8.36. The molecule has 0 aliphatic rings. The van der Waals surface area contributed by atoms with Crippen LogP contribution in [0, 0.1) is 0 Å². The number of hydrazone groups is 1. The highest BCUT2D eigenvalue weighted by Crippen LogP contribution is 2.25. The third-order valence-electron chi connectivity index (χ3n) is 4.75. The largest absolute Gasteiger partial charge is 0.314 e. The van der Waals surface area contributed by atoms with Crippen molar-refractivity contribution in [3.8, 4) is 0 Å². The number of benzene rings is 3. The highest BCUT2D eigenvalue weighted by atomic mass is 35.5. The van der Waals surface area contributed by atoms with Gasteiger partial charge in [0.05, 0.1) is 29.0 Å². The van der Waals surface area contributed by atoms with Crippen LogP contribution in [-0.2, 0) is 11.3 Å². The van der Waals surface area contributed by atoms with E-state index < -0.39 is 0 Å². The highest BCUT2D eigenvalue weighted by Gasteiger charge is 2.13. The molecule has 0 aliphatic heterocycles. The Bertz CT molecular complexity index is 1220. The van der Waals surface area contributed by atoms with Crippen LogP contribution in [0.15, 0.2) is 89.1 Å². The molecule has 1 amide bonds. The number of carbonyl (C=O) groups is 1. The van der Waals surface area contributed by atoms with E-state index in [2.05, 4.69) is 15.1 Å². The molecule has 1 N–H and O–H groups in total. The van der Waals surface area contributed by atoms with Crippen LogP contribution in [-0.4, -0.2) is 26.9 Å². The molecule has 156 valence electrons. The Balaban J connectivity index is 1.47. The summed E-state index contributed by atoms with van der Waals surface area (Å²) in [6.07, 6.45) is 0. The van der Waals surface area contributed by atoms with E-state index in [1.165, 1.54) is 11.8 Å². The summed E-state index contributed by atoms with van der Waals surface area (Å²) in [6, 6.07) is 25.5. The maximum Gasteiger partial charge on any atom is 0.250 e. The molecule has 0 saturated heterocycles. The van der Waals surface area contributed by atoms with Crippen molar-refractivity contribution in [2.75, 3.05) is 5.75 Å². The van der Waals surface area contributed by atoms with E-state index >= 15 is 0 Å². The first-order chi connectivity index (χ1) is 15.1. The van der Waals surface area contributed by atoms with Crippen molar-refractivity contribution in [2.24, 2.45) is 5.10 Å². The van der Waals surface area contributed by atoms with E-state index in [0.717, 1.165) is 33.0 Å². The number of hydrogen-bond acceptors (Lipinski definition) is 4. The fourth-order valence-corrected chi connectivity index (χ4v) is 4.07. The van der Waals surface area contributed by atoms with Gasteiger partial charge in [0.15, 0.2) is 5.16 Å².